The van der Waals surface area contributed by atoms with Gasteiger partial charge in [-0.2, -0.15) is 0 Å². The fraction of sp³-hybridized carbons (Fsp3) is 0.190. The van der Waals surface area contributed by atoms with Gasteiger partial charge in [0.05, 0.1) is 12.5 Å². The van der Waals surface area contributed by atoms with E-state index in [2.05, 4.69) is 15.5 Å². The molecule has 1 aliphatic rings. The SMILES string of the molecule is COc1ccc(-c2nc(-c3noc4ccc(C(=O)NC5CC5)cc34)co2)cc1. The van der Waals surface area contributed by atoms with Crippen LogP contribution in [0.5, 0.6) is 5.75 Å². The van der Waals surface area contributed by atoms with E-state index in [1.54, 1.807) is 25.3 Å². The van der Waals surface area contributed by atoms with Gasteiger partial charge in [-0.3, -0.25) is 4.79 Å². The van der Waals surface area contributed by atoms with E-state index in [9.17, 15) is 4.79 Å². The Morgan fingerprint density at radius 1 is 1.18 bits per heavy atom. The highest BCUT2D eigenvalue weighted by Gasteiger charge is 2.24. The highest BCUT2D eigenvalue weighted by molar-refractivity contribution is 6.00. The minimum absolute atomic E-state index is 0.0874. The average molecular weight is 375 g/mol. The molecule has 28 heavy (non-hydrogen) atoms. The predicted molar refractivity (Wildman–Crippen MR) is 102 cm³/mol. The van der Waals surface area contributed by atoms with Crippen molar-refractivity contribution >= 4 is 16.9 Å². The second-order valence-electron chi connectivity index (χ2n) is 6.76. The van der Waals surface area contributed by atoms with Crippen molar-refractivity contribution in [3.8, 4) is 28.6 Å². The summed E-state index contributed by atoms with van der Waals surface area (Å²) in [6.07, 6.45) is 3.62. The topological polar surface area (TPSA) is 90.4 Å². The Balaban J connectivity index is 1.48. The van der Waals surface area contributed by atoms with Crippen LogP contribution in [0.3, 0.4) is 0 Å². The van der Waals surface area contributed by atoms with E-state index < -0.39 is 0 Å². The third-order valence-electron chi connectivity index (χ3n) is 4.73. The first kappa shape index (κ1) is 16.6. The normalized spacial score (nSPS) is 13.6. The number of hydrogen-bond acceptors (Lipinski definition) is 6. The standard InChI is InChI=1S/C21H17N3O4/c1-26-15-7-2-12(3-8-15)21-23-17(11-27-21)19-16-10-13(4-9-18(16)28-24-19)20(25)22-14-5-6-14/h2-4,7-11,14H,5-6H2,1H3,(H,22,25). The van der Waals surface area contributed by atoms with E-state index in [0.29, 0.717) is 34.5 Å². The Bertz CT molecular complexity index is 1160. The van der Waals surface area contributed by atoms with Gasteiger partial charge in [-0.1, -0.05) is 5.16 Å². The number of benzene rings is 2. The lowest BCUT2D eigenvalue weighted by Crippen LogP contribution is -2.25. The number of nitrogens with one attached hydrogen (secondary N) is 1. The summed E-state index contributed by atoms with van der Waals surface area (Å²) in [5.74, 6) is 1.14. The number of rotatable bonds is 5. The molecule has 1 fully saturated rings. The molecule has 4 aromatic rings. The largest absolute Gasteiger partial charge is 0.497 e. The van der Waals surface area contributed by atoms with Crippen LogP contribution in [0.1, 0.15) is 23.2 Å². The number of hydrogen-bond donors (Lipinski definition) is 1. The third-order valence-corrected chi connectivity index (χ3v) is 4.73. The van der Waals surface area contributed by atoms with Crippen LogP contribution >= 0.6 is 0 Å². The number of ether oxygens (including phenoxy) is 1. The summed E-state index contributed by atoms with van der Waals surface area (Å²) >= 11 is 0. The molecule has 0 spiro atoms. The molecule has 5 rings (SSSR count). The monoisotopic (exact) mass is 375 g/mol. The van der Waals surface area contributed by atoms with Crippen molar-refractivity contribution in [3.63, 3.8) is 0 Å². The number of carbonyl (C=O) groups is 1. The zero-order valence-corrected chi connectivity index (χ0v) is 15.1. The van der Waals surface area contributed by atoms with Crippen LogP contribution in [0.4, 0.5) is 0 Å². The molecule has 0 unspecified atom stereocenters. The van der Waals surface area contributed by atoms with Gasteiger partial charge in [0.2, 0.25) is 5.89 Å². The maximum absolute atomic E-state index is 12.3. The van der Waals surface area contributed by atoms with E-state index >= 15 is 0 Å². The maximum Gasteiger partial charge on any atom is 0.251 e. The lowest BCUT2D eigenvalue weighted by atomic mass is 10.1. The first-order valence-corrected chi connectivity index (χ1v) is 9.02. The lowest BCUT2D eigenvalue weighted by Gasteiger charge is -2.02. The first-order valence-electron chi connectivity index (χ1n) is 9.02. The Labute approximate surface area is 160 Å². The third kappa shape index (κ3) is 3.00. The second-order valence-corrected chi connectivity index (χ2v) is 6.76. The van der Waals surface area contributed by atoms with Crippen molar-refractivity contribution in [2.75, 3.05) is 7.11 Å². The number of aromatic nitrogens is 2. The van der Waals surface area contributed by atoms with Crippen molar-refractivity contribution in [3.05, 3.63) is 54.3 Å². The van der Waals surface area contributed by atoms with Gasteiger partial charge in [0.1, 0.15) is 23.4 Å². The summed E-state index contributed by atoms with van der Waals surface area (Å²) in [5.41, 5.74) is 3.07. The van der Waals surface area contributed by atoms with E-state index in [1.165, 1.54) is 6.26 Å². The molecular formula is C21H17N3O4. The van der Waals surface area contributed by atoms with Crippen LogP contribution in [0.15, 0.2) is 57.7 Å². The van der Waals surface area contributed by atoms with Gasteiger partial charge in [-0.15, -0.1) is 0 Å². The van der Waals surface area contributed by atoms with E-state index in [1.807, 2.05) is 24.3 Å². The average Bonchev–Trinajstić information content (AvgIpc) is 3.25. The van der Waals surface area contributed by atoms with Crippen LogP contribution in [-0.2, 0) is 0 Å². The van der Waals surface area contributed by atoms with Gasteiger partial charge < -0.3 is 19.0 Å². The van der Waals surface area contributed by atoms with Gasteiger partial charge >= 0.3 is 0 Å². The summed E-state index contributed by atoms with van der Waals surface area (Å²) in [4.78, 5) is 16.9. The number of oxazole rings is 1. The molecule has 2 heterocycles. The van der Waals surface area contributed by atoms with Crippen LogP contribution in [-0.4, -0.2) is 29.2 Å². The molecular weight excluding hydrogens is 358 g/mol. The summed E-state index contributed by atoms with van der Waals surface area (Å²) in [7, 11) is 1.62. The summed E-state index contributed by atoms with van der Waals surface area (Å²) in [6.45, 7) is 0. The van der Waals surface area contributed by atoms with E-state index in [0.717, 1.165) is 29.5 Å². The fourth-order valence-corrected chi connectivity index (χ4v) is 3.01. The Kier molecular flexibility index (Phi) is 3.86. The van der Waals surface area contributed by atoms with Crippen LogP contribution in [0.2, 0.25) is 0 Å². The lowest BCUT2D eigenvalue weighted by molar-refractivity contribution is 0.0951. The van der Waals surface area contributed by atoms with Crippen molar-refractivity contribution < 1.29 is 18.5 Å². The molecule has 7 nitrogen and oxygen atoms in total. The molecule has 2 aromatic carbocycles. The van der Waals surface area contributed by atoms with Gasteiger partial charge in [0.25, 0.3) is 5.91 Å². The van der Waals surface area contributed by atoms with Crippen molar-refractivity contribution in [1.82, 2.24) is 15.5 Å². The zero-order chi connectivity index (χ0) is 19.1. The molecule has 0 saturated heterocycles. The highest BCUT2D eigenvalue weighted by atomic mass is 16.5. The minimum Gasteiger partial charge on any atom is -0.497 e. The molecule has 2 aromatic heterocycles. The molecule has 0 radical (unpaired) electrons. The quantitative estimate of drug-likeness (QED) is 0.566. The Hall–Kier alpha value is -3.61. The van der Waals surface area contributed by atoms with Gasteiger partial charge in [-0.05, 0) is 55.3 Å². The van der Waals surface area contributed by atoms with Crippen molar-refractivity contribution in [2.45, 2.75) is 18.9 Å². The van der Waals surface area contributed by atoms with Crippen molar-refractivity contribution in [1.29, 1.82) is 0 Å². The number of amides is 1. The number of carbonyl (C=O) groups excluding carboxylic acids is 1. The summed E-state index contributed by atoms with van der Waals surface area (Å²) < 4.78 is 16.2. The van der Waals surface area contributed by atoms with Crippen molar-refractivity contribution in [2.24, 2.45) is 0 Å². The van der Waals surface area contributed by atoms with E-state index in [-0.39, 0.29) is 5.91 Å². The van der Waals surface area contributed by atoms with Gasteiger partial charge in [0, 0.05) is 17.2 Å². The van der Waals surface area contributed by atoms with E-state index in [4.69, 9.17) is 13.7 Å². The van der Waals surface area contributed by atoms with Crippen LogP contribution in [0.25, 0.3) is 33.8 Å². The number of methoxy groups -OCH3 is 1. The number of nitrogens with zero attached hydrogens (tertiary/aromatic N) is 2. The summed E-state index contributed by atoms with van der Waals surface area (Å²) in [5, 5.41) is 7.83. The Morgan fingerprint density at radius 2 is 2.00 bits per heavy atom. The molecule has 0 aliphatic heterocycles. The molecule has 7 heteroatoms. The van der Waals surface area contributed by atoms with Gasteiger partial charge in [0.15, 0.2) is 5.58 Å². The summed E-state index contributed by atoms with van der Waals surface area (Å²) in [6, 6.07) is 13.0. The molecule has 1 aliphatic carbocycles. The molecule has 1 N–H and O–H groups in total. The maximum atomic E-state index is 12.3. The minimum atomic E-state index is -0.0874. The molecule has 1 amide bonds. The molecule has 0 atom stereocenters. The fourth-order valence-electron chi connectivity index (χ4n) is 3.01. The number of fused-ring (bicyclic) bond motifs is 1. The zero-order valence-electron chi connectivity index (χ0n) is 15.1. The first-order chi connectivity index (χ1) is 13.7. The highest BCUT2D eigenvalue weighted by Crippen LogP contribution is 2.31. The van der Waals surface area contributed by atoms with Crippen LogP contribution in [0, 0.1) is 0 Å². The molecule has 0 bridgehead atoms. The predicted octanol–water partition coefficient (Wildman–Crippen LogP) is 4.05. The Morgan fingerprint density at radius 3 is 2.75 bits per heavy atom. The second kappa shape index (κ2) is 6.53. The van der Waals surface area contributed by atoms with Crippen LogP contribution < -0.4 is 10.1 Å². The molecule has 1 saturated carbocycles. The van der Waals surface area contributed by atoms with Gasteiger partial charge in [-0.25, -0.2) is 4.98 Å². The smallest absolute Gasteiger partial charge is 0.251 e. The molecule has 140 valence electrons.